The molecule has 0 atom stereocenters. The Morgan fingerprint density at radius 2 is 1.80 bits per heavy atom. The molecule has 1 aliphatic heterocycles. The van der Waals surface area contributed by atoms with Crippen LogP contribution in [0.25, 0.3) is 0 Å². The smallest absolute Gasteiger partial charge is 0.185 e. The van der Waals surface area contributed by atoms with Gasteiger partial charge >= 0.3 is 0 Å². The van der Waals surface area contributed by atoms with Crippen molar-refractivity contribution in [3.63, 3.8) is 0 Å². The molecular formula is C6HBr3O. The lowest BCUT2D eigenvalue weighted by Gasteiger charge is -1.91. The van der Waals surface area contributed by atoms with E-state index in [4.69, 9.17) is 4.74 Å². The number of hydrogen-bond acceptors (Lipinski definition) is 1. The monoisotopic (exact) mass is 326 g/mol. The molecule has 0 aromatic heterocycles. The van der Waals surface area contributed by atoms with Crippen LogP contribution in [0.15, 0.2) is 19.5 Å². The molecule has 0 fully saturated rings. The van der Waals surface area contributed by atoms with Gasteiger partial charge in [-0.05, 0) is 47.8 Å². The number of halogens is 3. The number of ether oxygens (including phenoxy) is 1. The van der Waals surface area contributed by atoms with Gasteiger partial charge in [-0.25, -0.2) is 0 Å². The summed E-state index contributed by atoms with van der Waals surface area (Å²) in [5.41, 5.74) is 0. The zero-order valence-electron chi connectivity index (χ0n) is 4.62. The second kappa shape index (κ2) is 2.22. The van der Waals surface area contributed by atoms with Crippen LogP contribution in [0, 0.1) is 0 Å². The van der Waals surface area contributed by atoms with Gasteiger partial charge in [-0.3, -0.25) is 0 Å². The summed E-state index contributed by atoms with van der Waals surface area (Å²) >= 11 is 10.1. The highest BCUT2D eigenvalue weighted by atomic mass is 79.9. The summed E-state index contributed by atoms with van der Waals surface area (Å²) in [5.74, 6) is 1.89. The van der Waals surface area contributed by atoms with Crippen LogP contribution in [-0.2, 0) is 0 Å². The minimum Gasteiger partial charge on any atom is -0.448 e. The molecule has 1 nitrogen and oxygen atoms in total. The summed E-state index contributed by atoms with van der Waals surface area (Å²) < 4.78 is 8.12. The van der Waals surface area contributed by atoms with E-state index in [0.717, 1.165) is 24.9 Å². The van der Waals surface area contributed by atoms with Crippen LogP contribution in [-0.4, -0.2) is 0 Å². The zero-order valence-corrected chi connectivity index (χ0v) is 9.38. The van der Waals surface area contributed by atoms with Crippen molar-refractivity contribution < 1.29 is 4.74 Å². The highest BCUT2D eigenvalue weighted by molar-refractivity contribution is 9.14. The van der Waals surface area contributed by atoms with Gasteiger partial charge in [0.1, 0.15) is 0 Å². The van der Waals surface area contributed by atoms with Gasteiger partial charge in [0, 0.05) is 15.0 Å². The van der Waals surface area contributed by atoms with Crippen molar-refractivity contribution >= 4 is 47.8 Å². The Morgan fingerprint density at radius 3 is 2.50 bits per heavy atom. The Morgan fingerprint density at radius 1 is 1.10 bits per heavy atom. The first-order valence-electron chi connectivity index (χ1n) is 2.55. The first-order chi connectivity index (χ1) is 4.70. The molecule has 0 unspecified atom stereocenters. The second-order valence-corrected chi connectivity index (χ2v) is 4.36. The van der Waals surface area contributed by atoms with E-state index in [2.05, 4.69) is 47.8 Å². The first kappa shape index (κ1) is 7.13. The van der Waals surface area contributed by atoms with Gasteiger partial charge in [-0.15, -0.1) is 0 Å². The quantitative estimate of drug-likeness (QED) is 0.524. The van der Waals surface area contributed by atoms with Crippen LogP contribution in [0.5, 0.6) is 11.5 Å². The van der Waals surface area contributed by atoms with Crippen LogP contribution in [0.4, 0.5) is 0 Å². The third-order valence-electron chi connectivity index (χ3n) is 1.25. The lowest BCUT2D eigenvalue weighted by Crippen LogP contribution is -1.64. The molecule has 4 heteroatoms. The summed E-state index contributed by atoms with van der Waals surface area (Å²) in [6.45, 7) is 0. The maximum atomic E-state index is 5.12. The minimum absolute atomic E-state index is 0.940. The van der Waals surface area contributed by atoms with Crippen molar-refractivity contribution in [3.8, 4) is 11.5 Å². The van der Waals surface area contributed by atoms with Gasteiger partial charge in [0.05, 0.1) is 4.47 Å². The van der Waals surface area contributed by atoms with Crippen molar-refractivity contribution in [2.45, 2.75) is 0 Å². The van der Waals surface area contributed by atoms with Crippen LogP contribution < -0.4 is 4.74 Å². The normalized spacial score (nSPS) is 12.3. The van der Waals surface area contributed by atoms with E-state index in [1.165, 1.54) is 0 Å². The highest BCUT2D eigenvalue weighted by Crippen LogP contribution is 2.55. The Balaban J connectivity index is 2.73. The zero-order chi connectivity index (χ0) is 7.30. The molecule has 0 radical (unpaired) electrons. The van der Waals surface area contributed by atoms with E-state index in [9.17, 15) is 0 Å². The molecule has 1 aromatic rings. The number of hydrogen-bond donors (Lipinski definition) is 0. The Labute approximate surface area is 83.1 Å². The fourth-order valence-corrected chi connectivity index (χ4v) is 2.17. The molecule has 0 spiro atoms. The molecule has 0 saturated heterocycles. The molecule has 10 heavy (non-hydrogen) atoms. The summed E-state index contributed by atoms with van der Waals surface area (Å²) in [6, 6.07) is 1.93. The maximum Gasteiger partial charge on any atom is 0.185 e. The number of benzene rings is 1. The molecule has 1 aromatic carbocycles. The van der Waals surface area contributed by atoms with Gasteiger partial charge in [0.25, 0.3) is 0 Å². The molecule has 0 N–H and O–H groups in total. The van der Waals surface area contributed by atoms with E-state index >= 15 is 0 Å². The molecule has 0 saturated carbocycles. The maximum absolute atomic E-state index is 5.12. The Kier molecular flexibility index (Phi) is 1.58. The van der Waals surface area contributed by atoms with Gasteiger partial charge < -0.3 is 4.74 Å². The van der Waals surface area contributed by atoms with Gasteiger partial charge in [-0.2, -0.15) is 0 Å². The third-order valence-corrected chi connectivity index (χ3v) is 4.52. The van der Waals surface area contributed by atoms with Crippen molar-refractivity contribution in [2.75, 3.05) is 0 Å². The van der Waals surface area contributed by atoms with Gasteiger partial charge in [-0.1, -0.05) is 0 Å². The summed E-state index contributed by atoms with van der Waals surface area (Å²) in [6.07, 6.45) is 0. The van der Waals surface area contributed by atoms with Crippen molar-refractivity contribution in [1.29, 1.82) is 0 Å². The van der Waals surface area contributed by atoms with Crippen molar-refractivity contribution in [2.24, 2.45) is 0 Å². The minimum atomic E-state index is 0.940. The molecular weight excluding hydrogens is 328 g/mol. The fraction of sp³-hybridized carbons (Fsp3) is 0. The topological polar surface area (TPSA) is 12.5 Å². The number of fused-ring (bicyclic) bond motifs is 1. The van der Waals surface area contributed by atoms with Crippen LogP contribution in [0.3, 0.4) is 0 Å². The molecule has 2 rings (SSSR count). The van der Waals surface area contributed by atoms with E-state index in [-0.39, 0.29) is 0 Å². The van der Waals surface area contributed by atoms with Crippen LogP contribution >= 0.6 is 47.8 Å². The predicted molar refractivity (Wildman–Crippen MR) is 49.6 cm³/mol. The summed E-state index contributed by atoms with van der Waals surface area (Å²) in [4.78, 5) is 0. The SMILES string of the molecule is Brc1cc2c(c(Br)c1Br)O2. The molecule has 0 amide bonds. The highest BCUT2D eigenvalue weighted by Gasteiger charge is 2.26. The third kappa shape index (κ3) is 0.933. The summed E-state index contributed by atoms with van der Waals surface area (Å²) in [7, 11) is 0. The molecule has 52 valence electrons. The average Bonchev–Trinajstić information content (AvgIpc) is 2.62. The fourth-order valence-electron chi connectivity index (χ4n) is 0.715. The molecule has 0 aliphatic carbocycles. The predicted octanol–water partition coefficient (Wildman–Crippen LogP) is 4.08. The summed E-state index contributed by atoms with van der Waals surface area (Å²) in [5, 5.41) is 0. The number of rotatable bonds is 0. The van der Waals surface area contributed by atoms with Gasteiger partial charge in [0.2, 0.25) is 0 Å². The standard InChI is InChI=1S/C6HBr3O/c7-2-1-3-6(10-3)5(9)4(2)8/h1H. The van der Waals surface area contributed by atoms with Crippen LogP contribution in [0.2, 0.25) is 0 Å². The Hall–Kier alpha value is 0.460. The average molecular weight is 329 g/mol. The van der Waals surface area contributed by atoms with Crippen molar-refractivity contribution in [1.82, 2.24) is 0 Å². The van der Waals surface area contributed by atoms with E-state index in [1.54, 1.807) is 0 Å². The first-order valence-corrected chi connectivity index (χ1v) is 4.93. The lowest BCUT2D eigenvalue weighted by molar-refractivity contribution is 0.647. The molecule has 1 heterocycles. The molecule has 0 bridgehead atoms. The van der Waals surface area contributed by atoms with Crippen LogP contribution in [0.1, 0.15) is 0 Å². The van der Waals surface area contributed by atoms with E-state index in [1.807, 2.05) is 6.07 Å². The van der Waals surface area contributed by atoms with Gasteiger partial charge in [0.15, 0.2) is 11.5 Å². The lowest BCUT2D eigenvalue weighted by atomic mass is 10.4. The largest absolute Gasteiger partial charge is 0.448 e. The van der Waals surface area contributed by atoms with E-state index < -0.39 is 0 Å². The van der Waals surface area contributed by atoms with Crippen molar-refractivity contribution in [3.05, 3.63) is 19.5 Å². The van der Waals surface area contributed by atoms with E-state index in [0.29, 0.717) is 0 Å². The Bertz CT molecular complexity index is 305. The second-order valence-electron chi connectivity index (χ2n) is 1.92. The molecule has 1 aliphatic rings.